The summed E-state index contributed by atoms with van der Waals surface area (Å²) in [6.07, 6.45) is 2.25. The first-order valence-corrected chi connectivity index (χ1v) is 24.6. The first-order valence-electron chi connectivity index (χ1n) is 26.1. The Bertz CT molecular complexity index is 3510. The van der Waals surface area contributed by atoms with Crippen molar-refractivity contribution in [3.8, 4) is 67.5 Å². The largest absolute Gasteiger partial charge is 0.499 e. The van der Waals surface area contributed by atoms with Crippen LogP contribution >= 0.6 is 0 Å². The fourth-order valence-electron chi connectivity index (χ4n) is 11.3. The Labute approximate surface area is 409 Å². The number of aromatic nitrogens is 3. The molecule has 0 saturated carbocycles. The molecule has 1 atom stereocenters. The van der Waals surface area contributed by atoms with Crippen LogP contribution in [-0.4, -0.2) is 4.57 Å². The van der Waals surface area contributed by atoms with Crippen molar-refractivity contribution in [1.82, 2.24) is 4.57 Å². The van der Waals surface area contributed by atoms with Gasteiger partial charge in [0.2, 0.25) is 5.69 Å². The van der Waals surface area contributed by atoms with Gasteiger partial charge in [-0.1, -0.05) is 171 Å². The number of para-hydroxylation sites is 1. The zero-order valence-corrected chi connectivity index (χ0v) is 42.9. The number of rotatable bonds is 6. The third-order valence-corrected chi connectivity index (χ3v) is 15.0. The van der Waals surface area contributed by atoms with E-state index >= 15 is 0 Å². The molecule has 6 aromatic carbocycles. The molecule has 4 heteroatoms. The second kappa shape index (κ2) is 14.9. The minimum Gasteiger partial charge on any atom is -0.392 e. The van der Waals surface area contributed by atoms with Gasteiger partial charge < -0.3 is 4.74 Å². The number of fused-ring (bicyclic) bond motifs is 5. The summed E-state index contributed by atoms with van der Waals surface area (Å²) in [7, 11) is 0. The average molecular weight is 899 g/mol. The fraction of sp³-hybridized carbons (Fsp3) is 0.344. The predicted octanol–water partition coefficient (Wildman–Crippen LogP) is 16.0. The van der Waals surface area contributed by atoms with Crippen molar-refractivity contribution >= 4 is 11.0 Å². The van der Waals surface area contributed by atoms with Crippen LogP contribution in [0.25, 0.3) is 72.7 Å². The maximum Gasteiger partial charge on any atom is 0.499 e. The topological polar surface area (TPSA) is 21.9 Å². The van der Waals surface area contributed by atoms with Gasteiger partial charge in [0, 0.05) is 32.9 Å². The van der Waals surface area contributed by atoms with Crippen LogP contribution in [0, 0.1) is 0 Å². The van der Waals surface area contributed by atoms with Crippen LogP contribution in [0.1, 0.15) is 165 Å². The lowest BCUT2D eigenvalue weighted by Gasteiger charge is -2.36. The Morgan fingerprint density at radius 3 is 1.75 bits per heavy atom. The average Bonchev–Trinajstić information content (AvgIpc) is 3.78. The summed E-state index contributed by atoms with van der Waals surface area (Å²) < 4.78 is 42.7. The molecule has 0 fully saturated rings. The first kappa shape index (κ1) is 40.8. The maximum absolute atomic E-state index is 9.24. The molecule has 3 aliphatic heterocycles. The molecule has 11 rings (SSSR count). The Morgan fingerprint density at radius 2 is 1.15 bits per heavy atom. The Morgan fingerprint density at radius 1 is 0.559 bits per heavy atom. The molecule has 5 heterocycles. The summed E-state index contributed by atoms with van der Waals surface area (Å²) >= 11 is 0. The van der Waals surface area contributed by atoms with Gasteiger partial charge in [0.1, 0.15) is 16.8 Å². The van der Waals surface area contributed by atoms with Gasteiger partial charge in [0.05, 0.1) is 5.56 Å². The van der Waals surface area contributed by atoms with Crippen molar-refractivity contribution in [2.24, 2.45) is 0 Å². The molecule has 1 unspecified atom stereocenters. The van der Waals surface area contributed by atoms with Gasteiger partial charge in [-0.2, -0.15) is 4.57 Å². The normalized spacial score (nSPS) is 17.0. The van der Waals surface area contributed by atoms with Crippen molar-refractivity contribution in [1.29, 1.82) is 0 Å². The quantitative estimate of drug-likeness (QED) is 0.152. The van der Waals surface area contributed by atoms with E-state index in [1.807, 2.05) is 47.6 Å². The van der Waals surface area contributed by atoms with E-state index in [-0.39, 0.29) is 16.2 Å². The van der Waals surface area contributed by atoms with Crippen LogP contribution < -0.4 is 13.9 Å². The Balaban J connectivity index is 1.27. The van der Waals surface area contributed by atoms with Crippen LogP contribution in [0.5, 0.6) is 5.75 Å². The van der Waals surface area contributed by atoms with E-state index in [0.717, 1.165) is 95.2 Å². The molecule has 344 valence electrons. The van der Waals surface area contributed by atoms with Crippen molar-refractivity contribution in [2.45, 2.75) is 144 Å². The smallest absolute Gasteiger partial charge is 0.392 e. The number of nitrogens with zero attached hydrogens (tertiary/aromatic N) is 3. The van der Waals surface area contributed by atoms with Gasteiger partial charge in [0.15, 0.2) is 23.0 Å². The van der Waals surface area contributed by atoms with Crippen LogP contribution in [0.2, 0.25) is 0 Å². The molecule has 0 radical (unpaired) electrons. The molecule has 68 heavy (non-hydrogen) atoms. The summed E-state index contributed by atoms with van der Waals surface area (Å²) in [5, 5.41) is 0. The zero-order chi connectivity index (χ0) is 50.9. The number of hydrogen-bond donors (Lipinski definition) is 0. The summed E-state index contributed by atoms with van der Waals surface area (Å²) in [5.74, 6) is -1.64. The number of pyridine rings is 1. The molecule has 4 nitrogen and oxygen atoms in total. The van der Waals surface area contributed by atoms with Gasteiger partial charge in [-0.15, -0.1) is 9.13 Å². The van der Waals surface area contributed by atoms with E-state index in [2.05, 4.69) is 197 Å². The number of benzene rings is 6. The van der Waals surface area contributed by atoms with E-state index in [1.165, 1.54) is 22.3 Å². The van der Waals surface area contributed by atoms with Crippen LogP contribution in [0.3, 0.4) is 0 Å². The second-order valence-electron chi connectivity index (χ2n) is 23.5. The van der Waals surface area contributed by atoms with Crippen molar-refractivity contribution in [3.05, 3.63) is 166 Å². The Kier molecular flexibility index (Phi) is 8.92. The highest BCUT2D eigenvalue weighted by Gasteiger charge is 2.69. The monoisotopic (exact) mass is 899 g/mol. The highest BCUT2D eigenvalue weighted by molar-refractivity contribution is 5.98. The standard InChI is InChI=1S/C64H69N3O/c1-37(2)40-22-24-41(25-23-40)43-30-31-65-55(32-43)51-34-44(61(7,8)9)33-50-49-20-17-21-54-58(49)67-60(52-35-45(62(10,11)12)36-53(63(13,14)15)59(52)68-64(65,67)57(50)51)66(54)46-28-26-42(27-29-46)56-47(38(3)4)18-16-19-48(56)39(5)6/h16-39H,1-15H3/q+2/i37D,38D,39D. The van der Waals surface area contributed by atoms with Gasteiger partial charge in [-0.3, -0.25) is 0 Å². The number of imidazole rings is 1. The van der Waals surface area contributed by atoms with E-state index in [1.54, 1.807) is 0 Å². The van der Waals surface area contributed by atoms with Gasteiger partial charge >= 0.3 is 11.7 Å². The van der Waals surface area contributed by atoms with Crippen LogP contribution in [-0.2, 0) is 22.1 Å². The third kappa shape index (κ3) is 6.38. The lowest BCUT2D eigenvalue weighted by molar-refractivity contribution is -0.997. The minimum absolute atomic E-state index is 0.144. The van der Waals surface area contributed by atoms with E-state index in [0.29, 0.717) is 0 Å². The number of ether oxygens (including phenoxy) is 1. The predicted molar refractivity (Wildman–Crippen MR) is 282 cm³/mol. The molecule has 2 aromatic heterocycles. The summed E-state index contributed by atoms with van der Waals surface area (Å²) in [5.41, 5.74) is 20.1. The molecule has 0 amide bonds. The second-order valence-corrected chi connectivity index (χ2v) is 23.5. The van der Waals surface area contributed by atoms with Gasteiger partial charge in [-0.05, 0) is 126 Å². The minimum atomic E-state index is -1.13. The molecular formula is C64H69N3O+2. The molecular weight excluding hydrogens is 827 g/mol. The first-order chi connectivity index (χ1) is 33.0. The molecule has 8 aromatic rings. The highest BCUT2D eigenvalue weighted by atomic mass is 16.5. The molecule has 0 N–H and O–H groups in total. The third-order valence-electron chi connectivity index (χ3n) is 15.0. The number of hydrogen-bond acceptors (Lipinski definition) is 1. The van der Waals surface area contributed by atoms with E-state index in [4.69, 9.17) is 6.11 Å². The van der Waals surface area contributed by atoms with Crippen LogP contribution in [0.4, 0.5) is 0 Å². The molecule has 0 aliphatic carbocycles. The highest BCUT2D eigenvalue weighted by Crippen LogP contribution is 2.56. The maximum atomic E-state index is 9.24. The van der Waals surface area contributed by atoms with Crippen molar-refractivity contribution < 1.29 is 18.0 Å². The molecule has 0 saturated heterocycles. The van der Waals surface area contributed by atoms with E-state index in [9.17, 15) is 2.74 Å². The lowest BCUT2D eigenvalue weighted by atomic mass is 9.78. The SMILES string of the molecule is [2H]C(C)(C)c1ccc(-c2cc[n+]3c(c2)-c2cc(C(C)(C)C)cc4c2C32Oc3c(cc(C(C)(C)C)cc3C(C)(C)C)-c3n(-c5ccc(-c6c(C([2H])(C)C)cccc6C([2H])(C)C)cc5)c5cccc-4c5[n+]32)cc1. The molecule has 1 spiro atoms. The summed E-state index contributed by atoms with van der Waals surface area (Å²) in [6.45, 7) is 32.4. The molecule has 0 bridgehead atoms. The van der Waals surface area contributed by atoms with Gasteiger partial charge in [-0.25, -0.2) is 0 Å². The molecule has 3 aliphatic rings. The van der Waals surface area contributed by atoms with E-state index < -0.39 is 23.5 Å². The fourth-order valence-corrected chi connectivity index (χ4v) is 11.3. The van der Waals surface area contributed by atoms with Gasteiger partial charge in [0.25, 0.3) is 0 Å². The Hall–Kier alpha value is -6.26. The lowest BCUT2D eigenvalue weighted by Crippen LogP contribution is -2.78. The van der Waals surface area contributed by atoms with Crippen LogP contribution in [0.15, 0.2) is 128 Å². The summed E-state index contributed by atoms with van der Waals surface area (Å²) in [6, 6.07) is 44.5. The zero-order valence-electron chi connectivity index (χ0n) is 45.9. The van der Waals surface area contributed by atoms with Crippen molar-refractivity contribution in [2.75, 3.05) is 0 Å². The van der Waals surface area contributed by atoms with Crippen molar-refractivity contribution in [3.63, 3.8) is 0 Å². The summed E-state index contributed by atoms with van der Waals surface area (Å²) in [4.78, 5) is 0.